The highest BCUT2D eigenvalue weighted by Crippen LogP contribution is 2.53. The van der Waals surface area contributed by atoms with Gasteiger partial charge in [0.05, 0.1) is 24.9 Å². The molecule has 0 unspecified atom stereocenters. The van der Waals surface area contributed by atoms with Crippen molar-refractivity contribution >= 4 is 13.6 Å². The van der Waals surface area contributed by atoms with E-state index >= 15 is 0 Å². The number of benzene rings is 1. The first-order valence-corrected chi connectivity index (χ1v) is 7.77. The Labute approximate surface area is 119 Å². The molecule has 20 heavy (non-hydrogen) atoms. The number of nitrogens with zero attached hydrogens (tertiary/aromatic N) is 1. The molecule has 0 fully saturated rings. The van der Waals surface area contributed by atoms with Gasteiger partial charge in [0, 0.05) is 5.56 Å². The van der Waals surface area contributed by atoms with Crippen LogP contribution in [0.15, 0.2) is 35.9 Å². The Morgan fingerprint density at radius 2 is 1.75 bits per heavy atom. The van der Waals surface area contributed by atoms with E-state index < -0.39 is 7.82 Å². The van der Waals surface area contributed by atoms with Crippen LogP contribution in [-0.4, -0.2) is 13.2 Å². The van der Waals surface area contributed by atoms with E-state index in [2.05, 4.69) is 0 Å². The second-order valence-corrected chi connectivity index (χ2v) is 5.40. The zero-order chi connectivity index (χ0) is 15.0. The van der Waals surface area contributed by atoms with Gasteiger partial charge in [-0.2, -0.15) is 5.26 Å². The maximum atomic E-state index is 12.4. The molecule has 0 atom stereocenters. The molecule has 108 valence electrons. The minimum atomic E-state index is -3.72. The molecule has 1 rings (SSSR count). The van der Waals surface area contributed by atoms with E-state index in [0.29, 0.717) is 11.1 Å². The van der Waals surface area contributed by atoms with Gasteiger partial charge in [-0.1, -0.05) is 30.3 Å². The van der Waals surface area contributed by atoms with Crippen LogP contribution in [0.1, 0.15) is 26.3 Å². The fourth-order valence-corrected chi connectivity index (χ4v) is 2.77. The molecule has 0 spiro atoms. The second kappa shape index (κ2) is 7.86. The summed E-state index contributed by atoms with van der Waals surface area (Å²) >= 11 is 0. The maximum Gasteiger partial charge on any atom is 0.530 e. The molecule has 1 aromatic carbocycles. The lowest BCUT2D eigenvalue weighted by atomic mass is 10.1. The van der Waals surface area contributed by atoms with Crippen molar-refractivity contribution in [1.82, 2.24) is 0 Å². The second-order valence-electron chi connectivity index (χ2n) is 3.81. The summed E-state index contributed by atoms with van der Waals surface area (Å²) in [5, 5.41) is 9.06. The Bertz CT molecular complexity index is 538. The van der Waals surface area contributed by atoms with Gasteiger partial charge in [-0.15, -0.1) is 0 Å². The van der Waals surface area contributed by atoms with Crippen molar-refractivity contribution in [3.8, 4) is 6.07 Å². The van der Waals surface area contributed by atoms with Gasteiger partial charge in [-0.3, -0.25) is 9.05 Å². The van der Waals surface area contributed by atoms with Crippen molar-refractivity contribution in [3.05, 3.63) is 41.5 Å². The van der Waals surface area contributed by atoms with Gasteiger partial charge in [-0.05, 0) is 20.8 Å². The van der Waals surface area contributed by atoms with E-state index in [9.17, 15) is 4.57 Å². The van der Waals surface area contributed by atoms with Gasteiger partial charge < -0.3 is 4.52 Å². The first kappa shape index (κ1) is 16.5. The van der Waals surface area contributed by atoms with Crippen molar-refractivity contribution in [1.29, 1.82) is 5.26 Å². The van der Waals surface area contributed by atoms with Gasteiger partial charge in [-0.25, -0.2) is 4.57 Å². The largest absolute Gasteiger partial charge is 0.530 e. The van der Waals surface area contributed by atoms with Crippen molar-refractivity contribution < 1.29 is 18.1 Å². The molecule has 6 heteroatoms. The molecule has 0 saturated carbocycles. The zero-order valence-corrected chi connectivity index (χ0v) is 12.7. The van der Waals surface area contributed by atoms with Gasteiger partial charge in [0.25, 0.3) is 0 Å². The van der Waals surface area contributed by atoms with Crippen molar-refractivity contribution in [3.63, 3.8) is 0 Å². The maximum absolute atomic E-state index is 12.4. The summed E-state index contributed by atoms with van der Waals surface area (Å²) in [5.74, 6) is 0.207. The first-order valence-electron chi connectivity index (χ1n) is 6.31. The standard InChI is InChI=1S/C14H18NO4P/c1-4-17-20(16,18-5-2)19-14(12(3)11-15)13-9-7-6-8-10-13/h6-10H,4-5H2,1-3H3. The highest BCUT2D eigenvalue weighted by molar-refractivity contribution is 7.48. The molecule has 0 aromatic heterocycles. The van der Waals surface area contributed by atoms with Crippen molar-refractivity contribution in [2.24, 2.45) is 0 Å². The van der Waals surface area contributed by atoms with Crippen LogP contribution in [-0.2, 0) is 18.1 Å². The van der Waals surface area contributed by atoms with E-state index in [1.807, 2.05) is 12.1 Å². The lowest BCUT2D eigenvalue weighted by Gasteiger charge is -2.19. The van der Waals surface area contributed by atoms with Crippen molar-refractivity contribution in [2.75, 3.05) is 13.2 Å². The number of phosphoric acid groups is 1. The van der Waals surface area contributed by atoms with Gasteiger partial charge >= 0.3 is 7.82 Å². The van der Waals surface area contributed by atoms with Crippen molar-refractivity contribution in [2.45, 2.75) is 20.8 Å². The molecule has 1 aromatic rings. The molecule has 0 aliphatic heterocycles. The van der Waals surface area contributed by atoms with E-state index in [1.54, 1.807) is 45.0 Å². The van der Waals surface area contributed by atoms with Crippen LogP contribution in [0.4, 0.5) is 0 Å². The molecule has 0 aliphatic carbocycles. The summed E-state index contributed by atoms with van der Waals surface area (Å²) in [4.78, 5) is 0. The summed E-state index contributed by atoms with van der Waals surface area (Å²) < 4.78 is 28.0. The van der Waals surface area contributed by atoms with Crippen LogP contribution < -0.4 is 0 Å². The van der Waals surface area contributed by atoms with Crippen LogP contribution in [0.25, 0.3) is 5.76 Å². The highest BCUT2D eigenvalue weighted by Gasteiger charge is 2.29. The monoisotopic (exact) mass is 295 g/mol. The number of phosphoric ester groups is 1. The average Bonchev–Trinajstić information content (AvgIpc) is 2.45. The SMILES string of the molecule is CCOP(=O)(OCC)OC(=C(C)C#N)c1ccccc1. The number of allylic oxidation sites excluding steroid dienone is 1. The lowest BCUT2D eigenvalue weighted by molar-refractivity contribution is 0.159. The van der Waals surface area contributed by atoms with E-state index in [1.165, 1.54) is 0 Å². The van der Waals surface area contributed by atoms with Crippen LogP contribution in [0.2, 0.25) is 0 Å². The predicted molar refractivity (Wildman–Crippen MR) is 76.6 cm³/mol. The smallest absolute Gasteiger partial charge is 0.402 e. The third-order valence-corrected chi connectivity index (χ3v) is 3.88. The molecule has 0 amide bonds. The summed E-state index contributed by atoms with van der Waals surface area (Å²) in [5.41, 5.74) is 0.946. The highest BCUT2D eigenvalue weighted by atomic mass is 31.2. The molecule has 0 heterocycles. The van der Waals surface area contributed by atoms with E-state index in [4.69, 9.17) is 18.8 Å². The van der Waals surface area contributed by atoms with Gasteiger partial charge in [0.1, 0.15) is 0 Å². The summed E-state index contributed by atoms with van der Waals surface area (Å²) in [6.07, 6.45) is 0. The molecular formula is C14H18NO4P. The Morgan fingerprint density at radius 3 is 2.20 bits per heavy atom. The fourth-order valence-electron chi connectivity index (χ4n) is 1.50. The topological polar surface area (TPSA) is 68.6 Å². The molecule has 0 saturated heterocycles. The third-order valence-electron chi connectivity index (χ3n) is 2.32. The molecule has 0 aliphatic rings. The normalized spacial score (nSPS) is 12.5. The van der Waals surface area contributed by atoms with Gasteiger partial charge in [0.15, 0.2) is 5.76 Å². The minimum Gasteiger partial charge on any atom is -0.402 e. The zero-order valence-electron chi connectivity index (χ0n) is 11.8. The quantitative estimate of drug-likeness (QED) is 0.429. The molecular weight excluding hydrogens is 277 g/mol. The third kappa shape index (κ3) is 4.50. The van der Waals surface area contributed by atoms with Crippen LogP contribution in [0.5, 0.6) is 0 Å². The predicted octanol–water partition coefficient (Wildman–Crippen LogP) is 4.14. The minimum absolute atomic E-state index is 0.185. The first-order chi connectivity index (χ1) is 9.56. The number of hydrogen-bond donors (Lipinski definition) is 0. The Balaban J connectivity index is 3.16. The number of nitriles is 1. The Hall–Kier alpha value is -1.60. The summed E-state index contributed by atoms with van der Waals surface area (Å²) in [6, 6.07) is 11.0. The molecule has 0 bridgehead atoms. The number of rotatable bonds is 7. The molecule has 5 nitrogen and oxygen atoms in total. The van der Waals surface area contributed by atoms with Crippen LogP contribution in [0, 0.1) is 11.3 Å². The molecule has 0 N–H and O–H groups in total. The summed E-state index contributed by atoms with van der Waals surface area (Å²) in [6.45, 7) is 5.34. The van der Waals surface area contributed by atoms with E-state index in [0.717, 1.165) is 0 Å². The Morgan fingerprint density at radius 1 is 1.20 bits per heavy atom. The summed E-state index contributed by atoms with van der Waals surface area (Å²) in [7, 11) is -3.72. The van der Waals surface area contributed by atoms with E-state index in [-0.39, 0.29) is 19.0 Å². The van der Waals surface area contributed by atoms with Crippen LogP contribution in [0.3, 0.4) is 0 Å². The lowest BCUT2D eigenvalue weighted by Crippen LogP contribution is -2.01. The fraction of sp³-hybridized carbons (Fsp3) is 0.357. The van der Waals surface area contributed by atoms with Gasteiger partial charge in [0.2, 0.25) is 0 Å². The number of hydrogen-bond acceptors (Lipinski definition) is 5. The average molecular weight is 295 g/mol. The Kier molecular flexibility index (Phi) is 6.47. The molecule has 0 radical (unpaired) electrons. The van der Waals surface area contributed by atoms with Crippen LogP contribution >= 0.6 is 7.82 Å².